The van der Waals surface area contributed by atoms with Gasteiger partial charge in [0.2, 0.25) is 0 Å². The second-order valence-electron chi connectivity index (χ2n) is 22.3. The third kappa shape index (κ3) is 51.9. The van der Waals surface area contributed by atoms with Gasteiger partial charge in [0.05, 0.1) is 24.4 Å². The van der Waals surface area contributed by atoms with E-state index in [1.165, 1.54) is 205 Å². The van der Waals surface area contributed by atoms with Crippen LogP contribution in [-0.2, 0) is 9.59 Å². The van der Waals surface area contributed by atoms with Crippen LogP contribution in [0.4, 0.5) is 0 Å². The van der Waals surface area contributed by atoms with Crippen molar-refractivity contribution in [2.75, 3.05) is 50.8 Å². The number of carbonyl (C=O) groups excluding carboxylic acids is 2. The number of hydrogen-bond acceptors (Lipinski definition) is 10. The molecule has 0 spiro atoms. The van der Waals surface area contributed by atoms with E-state index in [1.54, 1.807) is 0 Å². The zero-order valence-corrected chi connectivity index (χ0v) is 50.0. The summed E-state index contributed by atoms with van der Waals surface area (Å²) in [4.78, 5) is 30.5. The number of carbonyl (C=O) groups is 2. The summed E-state index contributed by atoms with van der Waals surface area (Å²) in [7, 11) is 0. The number of thioether (sulfide) groups is 2. The van der Waals surface area contributed by atoms with Gasteiger partial charge in [0, 0.05) is 50.8 Å². The highest BCUT2D eigenvalue weighted by atomic mass is 32.2. The Kier molecular flexibility index (Phi) is 56.8. The smallest absolute Gasteiger partial charge is 0.266 e. The summed E-state index contributed by atoms with van der Waals surface area (Å²) in [5, 5.41) is 43.5. The third-order valence-electron chi connectivity index (χ3n) is 14.9. The SMILES string of the molecule is CCCCCCCCCCCCC(O)CN(CCSC(=O)C(=O)SCCN(CC(O)CCCCCCCCCCCC)CC(O)CCCCCCCCCCCC)CC(O)CCCCCCCCCCCC. The van der Waals surface area contributed by atoms with Crippen molar-refractivity contribution in [2.45, 2.75) is 335 Å². The van der Waals surface area contributed by atoms with E-state index in [0.29, 0.717) is 50.8 Å². The van der Waals surface area contributed by atoms with Gasteiger partial charge >= 0.3 is 0 Å². The molecule has 4 atom stereocenters. The quantitative estimate of drug-likeness (QED) is 0.0346. The van der Waals surface area contributed by atoms with Crippen molar-refractivity contribution >= 4 is 33.8 Å². The largest absolute Gasteiger partial charge is 0.392 e. The Morgan fingerprint density at radius 3 is 0.639 bits per heavy atom. The number of hydrogen-bond donors (Lipinski definition) is 4. The summed E-state index contributed by atoms with van der Waals surface area (Å²) >= 11 is 2.10. The summed E-state index contributed by atoms with van der Waals surface area (Å²) in [6, 6.07) is 0. The van der Waals surface area contributed by atoms with Gasteiger partial charge in [-0.15, -0.1) is 0 Å². The number of unbranched alkanes of at least 4 members (excludes halogenated alkanes) is 36. The molecule has 4 unspecified atom stereocenters. The second-order valence-corrected chi connectivity index (χ2v) is 24.4. The van der Waals surface area contributed by atoms with Crippen LogP contribution in [0.5, 0.6) is 0 Å². The van der Waals surface area contributed by atoms with Gasteiger partial charge in [-0.3, -0.25) is 19.4 Å². The molecule has 0 aliphatic heterocycles. The Bertz CT molecular complexity index is 973. The summed E-state index contributed by atoms with van der Waals surface area (Å²) in [5.41, 5.74) is 0. The van der Waals surface area contributed by atoms with Crippen LogP contribution in [0.2, 0.25) is 0 Å². The normalized spacial score (nSPS) is 13.6. The van der Waals surface area contributed by atoms with Crippen molar-refractivity contribution in [3.63, 3.8) is 0 Å². The van der Waals surface area contributed by atoms with Crippen molar-refractivity contribution in [3.8, 4) is 0 Å². The maximum absolute atomic E-state index is 13.2. The number of rotatable bonds is 58. The number of aliphatic hydroxyl groups excluding tert-OH is 4. The first-order valence-electron chi connectivity index (χ1n) is 31.7. The molecule has 430 valence electrons. The highest BCUT2D eigenvalue weighted by Gasteiger charge is 2.21. The topological polar surface area (TPSA) is 122 Å². The standard InChI is InChI=1S/C62H124N2O6S2/c1-5-9-13-17-21-25-29-33-37-41-45-57(65)53-63(54-58(66)46-42-38-34-30-26-22-18-14-10-6-2)49-51-71-61(69)62(70)72-52-50-64(55-59(67)47-43-39-35-31-27-23-19-15-11-7-3)56-60(68)48-44-40-36-32-28-24-20-16-12-8-4/h57-60,65-68H,5-56H2,1-4H3. The molecule has 8 nitrogen and oxygen atoms in total. The Hall–Kier alpha value is -0.200. The Morgan fingerprint density at radius 2 is 0.458 bits per heavy atom. The molecule has 0 aromatic heterocycles. The van der Waals surface area contributed by atoms with Gasteiger partial charge in [0.25, 0.3) is 10.2 Å². The maximum atomic E-state index is 13.2. The fourth-order valence-corrected chi connectivity index (χ4v) is 11.9. The Morgan fingerprint density at radius 1 is 0.292 bits per heavy atom. The van der Waals surface area contributed by atoms with Crippen molar-refractivity contribution in [1.29, 1.82) is 0 Å². The van der Waals surface area contributed by atoms with Crippen LogP contribution in [0.3, 0.4) is 0 Å². The highest BCUT2D eigenvalue weighted by Crippen LogP contribution is 2.19. The van der Waals surface area contributed by atoms with E-state index in [1.807, 2.05) is 0 Å². The lowest BCUT2D eigenvalue weighted by atomic mass is 10.0. The fourth-order valence-electron chi connectivity index (χ4n) is 10.2. The van der Waals surface area contributed by atoms with Crippen LogP contribution >= 0.6 is 23.5 Å². The molecule has 0 rings (SSSR count). The molecule has 0 radical (unpaired) electrons. The molecule has 10 heteroatoms. The van der Waals surface area contributed by atoms with Gasteiger partial charge in [-0.1, -0.05) is 308 Å². The van der Waals surface area contributed by atoms with Gasteiger partial charge in [0.15, 0.2) is 0 Å². The minimum absolute atomic E-state index is 0.434. The first kappa shape index (κ1) is 71.8. The van der Waals surface area contributed by atoms with E-state index >= 15 is 0 Å². The molecule has 0 saturated heterocycles. The summed E-state index contributed by atoms with van der Waals surface area (Å²) in [5.74, 6) is 0.868. The van der Waals surface area contributed by atoms with Crippen LogP contribution in [0, 0.1) is 0 Å². The molecule has 0 aromatic carbocycles. The minimum Gasteiger partial charge on any atom is -0.392 e. The predicted octanol–water partition coefficient (Wildman–Crippen LogP) is 16.8. The average Bonchev–Trinajstić information content (AvgIpc) is 3.36. The van der Waals surface area contributed by atoms with Crippen molar-refractivity contribution < 1.29 is 30.0 Å². The monoisotopic (exact) mass is 1060 g/mol. The van der Waals surface area contributed by atoms with Crippen molar-refractivity contribution in [1.82, 2.24) is 9.80 Å². The van der Waals surface area contributed by atoms with E-state index in [0.717, 1.165) is 101 Å². The lowest BCUT2D eigenvalue weighted by Gasteiger charge is -2.27. The molecule has 0 fully saturated rings. The molecule has 0 aliphatic carbocycles. The van der Waals surface area contributed by atoms with E-state index in [-0.39, 0.29) is 0 Å². The molecule has 0 heterocycles. The number of aliphatic hydroxyl groups is 4. The van der Waals surface area contributed by atoms with Crippen LogP contribution in [-0.4, -0.2) is 116 Å². The van der Waals surface area contributed by atoms with Gasteiger partial charge in [-0.05, 0) is 25.7 Å². The Labute approximate surface area is 456 Å². The highest BCUT2D eigenvalue weighted by molar-refractivity contribution is 8.24. The molecule has 4 N–H and O–H groups in total. The molecule has 72 heavy (non-hydrogen) atoms. The van der Waals surface area contributed by atoms with Gasteiger partial charge in [0.1, 0.15) is 0 Å². The second kappa shape index (κ2) is 57.0. The molecule has 0 aliphatic rings. The number of nitrogens with zero attached hydrogens (tertiary/aromatic N) is 2. The molecular formula is C62H124N2O6S2. The zero-order chi connectivity index (χ0) is 52.8. The van der Waals surface area contributed by atoms with Gasteiger partial charge in [-0.25, -0.2) is 0 Å². The van der Waals surface area contributed by atoms with Gasteiger partial charge in [-0.2, -0.15) is 0 Å². The average molecular weight is 1060 g/mol. The summed E-state index contributed by atoms with van der Waals surface area (Å²) in [6.07, 6.45) is 51.4. The van der Waals surface area contributed by atoms with Crippen molar-refractivity contribution in [2.24, 2.45) is 0 Å². The van der Waals surface area contributed by atoms with E-state index < -0.39 is 34.6 Å². The first-order valence-corrected chi connectivity index (χ1v) is 33.6. The summed E-state index contributed by atoms with van der Waals surface area (Å²) in [6.45, 7) is 12.0. The lowest BCUT2D eigenvalue weighted by Crippen LogP contribution is -2.39. The third-order valence-corrected chi connectivity index (χ3v) is 16.7. The van der Waals surface area contributed by atoms with Gasteiger partial charge < -0.3 is 20.4 Å². The van der Waals surface area contributed by atoms with Crippen molar-refractivity contribution in [3.05, 3.63) is 0 Å². The van der Waals surface area contributed by atoms with E-state index in [2.05, 4.69) is 37.5 Å². The van der Waals surface area contributed by atoms with Crippen LogP contribution in [0.1, 0.15) is 310 Å². The molecule has 0 amide bonds. The fraction of sp³-hybridized carbons (Fsp3) is 0.968. The van der Waals surface area contributed by atoms with E-state index in [4.69, 9.17) is 0 Å². The summed E-state index contributed by atoms with van der Waals surface area (Å²) < 4.78 is 0. The van der Waals surface area contributed by atoms with Crippen LogP contribution < -0.4 is 0 Å². The molecule has 0 saturated carbocycles. The molecular weight excluding hydrogens is 933 g/mol. The predicted molar refractivity (Wildman–Crippen MR) is 318 cm³/mol. The van der Waals surface area contributed by atoms with Crippen LogP contribution in [0.25, 0.3) is 0 Å². The maximum Gasteiger partial charge on any atom is 0.266 e. The van der Waals surface area contributed by atoms with Crippen LogP contribution in [0.15, 0.2) is 0 Å². The van der Waals surface area contributed by atoms with E-state index in [9.17, 15) is 30.0 Å². The zero-order valence-electron chi connectivity index (χ0n) is 48.4. The first-order chi connectivity index (χ1) is 35.2. The minimum atomic E-state index is -0.480. The molecule has 0 aromatic rings. The Balaban J connectivity index is 5.09. The lowest BCUT2D eigenvalue weighted by molar-refractivity contribution is -0.126. The molecule has 0 bridgehead atoms.